The highest BCUT2D eigenvalue weighted by Gasteiger charge is 2.19. The number of nitrogens with zero attached hydrogens (tertiary/aromatic N) is 7. The molecule has 0 bridgehead atoms. The molecular formula is C73H53BCl2N8O2P. The largest absolute Gasteiger partial charge is 0.354 e. The van der Waals surface area contributed by atoms with Gasteiger partial charge in [0, 0.05) is 79.7 Å². The number of H-pyrrole nitrogens is 1. The summed E-state index contributed by atoms with van der Waals surface area (Å²) in [6, 6.07) is 95.7. The molecule has 0 amide bonds. The SMILES string of the molecule is C.Clc1ccc2[nH]c3cc(-c4nc(-c5ccccc5)nc(-c5ccccc5)n4)ccc3c2c1.O=[N+]([O-])c1ccc(Cl)cc1-c1ccc(-c2nc(-c3ccccc3)nc(-c3ccccc3)n2)cc1.[B].c1ccc(P(c2ccccc2)c2ccccc2)cc1. The van der Waals surface area contributed by atoms with Crippen LogP contribution in [0.25, 0.3) is 101 Å². The van der Waals surface area contributed by atoms with Gasteiger partial charge in [0.05, 0.1) is 10.5 Å². The molecule has 1 N–H and O–H groups in total. The van der Waals surface area contributed by atoms with Gasteiger partial charge in [0.15, 0.2) is 34.9 Å². The molecular weight excluding hydrogens is 1130 g/mol. The van der Waals surface area contributed by atoms with Crippen molar-refractivity contribution in [3.63, 3.8) is 0 Å². The Hall–Kier alpha value is -10.3. The Balaban J connectivity index is 0.000000148. The summed E-state index contributed by atoms with van der Waals surface area (Å²) in [6.07, 6.45) is 0. The van der Waals surface area contributed by atoms with Crippen molar-refractivity contribution in [3.05, 3.63) is 311 Å². The zero-order valence-electron chi connectivity index (χ0n) is 45.9. The summed E-state index contributed by atoms with van der Waals surface area (Å²) in [6.45, 7) is 0. The molecule has 14 aromatic rings. The fraction of sp³-hybridized carbons (Fsp3) is 0.0137. The summed E-state index contributed by atoms with van der Waals surface area (Å²) in [7, 11) is -0.446. The Kier molecular flexibility index (Phi) is 19.3. The van der Waals surface area contributed by atoms with Gasteiger partial charge in [0.1, 0.15) is 0 Å². The maximum Gasteiger partial charge on any atom is 0.277 e. The standard InChI is InChI=1S/C27H17ClN4O2.C27H17ClN4.C18H15P.CH4.B/c28-22-15-16-24(32(33)34)23(17-22)18-11-13-21(14-12-18)27-30-25(19-7-3-1-4-8-19)29-26(31-27)20-9-5-2-6-10-20;28-20-12-14-23-22(16-20)21-13-11-19(15-24(21)29-23)27-31-25(17-7-3-1-4-8-17)30-26(32-27)18-9-5-2-6-10-18;1-4-10-16(11-5-1)19(17-12-6-2-7-13-17)18-14-8-3-9-15-18;;/h1-17H;1-16,29H;1-15H;1H4;. The summed E-state index contributed by atoms with van der Waals surface area (Å²) in [5.74, 6) is 3.59. The highest BCUT2D eigenvalue weighted by Crippen LogP contribution is 2.36. The highest BCUT2D eigenvalue weighted by molar-refractivity contribution is 7.79. The fourth-order valence-corrected chi connectivity index (χ4v) is 12.4. The molecule has 3 radical (unpaired) electrons. The number of aromatic amines is 1. The van der Waals surface area contributed by atoms with Crippen LogP contribution in [0.3, 0.4) is 0 Å². The third kappa shape index (κ3) is 14.1. The number of hydrogen-bond acceptors (Lipinski definition) is 8. The van der Waals surface area contributed by atoms with E-state index in [1.54, 1.807) is 6.07 Å². The van der Waals surface area contributed by atoms with Crippen LogP contribution >= 0.6 is 31.1 Å². The minimum atomic E-state index is -0.446. The van der Waals surface area contributed by atoms with Crippen LogP contribution in [-0.4, -0.2) is 48.2 Å². The first-order valence-electron chi connectivity index (χ1n) is 27.2. The van der Waals surface area contributed by atoms with Gasteiger partial charge >= 0.3 is 0 Å². The number of halogens is 2. The predicted octanol–water partition coefficient (Wildman–Crippen LogP) is 18.0. The van der Waals surface area contributed by atoms with Crippen molar-refractivity contribution in [3.8, 4) is 79.5 Å². The van der Waals surface area contributed by atoms with Crippen LogP contribution < -0.4 is 15.9 Å². The molecule has 0 aliphatic rings. The normalized spacial score (nSPS) is 10.7. The highest BCUT2D eigenvalue weighted by atomic mass is 35.5. The van der Waals surface area contributed by atoms with E-state index >= 15 is 0 Å². The van der Waals surface area contributed by atoms with Crippen LogP contribution in [0.1, 0.15) is 7.43 Å². The van der Waals surface area contributed by atoms with Crippen molar-refractivity contribution in [2.24, 2.45) is 0 Å². The Labute approximate surface area is 517 Å². The van der Waals surface area contributed by atoms with Gasteiger partial charge in [0.2, 0.25) is 0 Å². The maximum atomic E-state index is 11.5. The number of benzene rings is 11. The Morgan fingerprint density at radius 2 is 0.655 bits per heavy atom. The molecule has 0 aliphatic heterocycles. The number of nitro groups is 1. The van der Waals surface area contributed by atoms with E-state index in [0.717, 1.165) is 60.2 Å². The number of nitrogens with one attached hydrogen (secondary N) is 1. The van der Waals surface area contributed by atoms with Crippen LogP contribution in [0.5, 0.6) is 0 Å². The summed E-state index contributed by atoms with van der Waals surface area (Å²) >= 11 is 12.3. The van der Waals surface area contributed by atoms with Gasteiger partial charge in [-0.15, -0.1) is 0 Å². The van der Waals surface area contributed by atoms with Crippen LogP contribution in [-0.2, 0) is 0 Å². The van der Waals surface area contributed by atoms with Gasteiger partial charge in [-0.05, 0) is 65.8 Å². The van der Waals surface area contributed by atoms with E-state index in [0.29, 0.717) is 51.1 Å². The summed E-state index contributed by atoms with van der Waals surface area (Å²) in [4.78, 5) is 43.0. The molecule has 14 rings (SSSR count). The number of aromatic nitrogens is 7. The van der Waals surface area contributed by atoms with Crippen LogP contribution in [0.4, 0.5) is 5.69 Å². The summed E-state index contributed by atoms with van der Waals surface area (Å²) in [5, 5.41) is 19.0. The molecule has 0 saturated heterocycles. The lowest BCUT2D eigenvalue weighted by Gasteiger charge is -2.18. The van der Waals surface area contributed by atoms with Crippen molar-refractivity contribution >= 4 is 82.9 Å². The van der Waals surface area contributed by atoms with Crippen LogP contribution in [0.15, 0.2) is 291 Å². The topological polar surface area (TPSA) is 136 Å². The molecule has 10 nitrogen and oxygen atoms in total. The second-order valence-electron chi connectivity index (χ2n) is 19.5. The van der Waals surface area contributed by atoms with Crippen molar-refractivity contribution in [1.82, 2.24) is 34.9 Å². The van der Waals surface area contributed by atoms with Crippen molar-refractivity contribution < 1.29 is 4.92 Å². The van der Waals surface area contributed by atoms with E-state index in [4.69, 9.17) is 53.1 Å². The predicted molar refractivity (Wildman–Crippen MR) is 361 cm³/mol. The fourth-order valence-electron chi connectivity index (χ4n) is 9.77. The molecule has 0 spiro atoms. The van der Waals surface area contributed by atoms with E-state index in [1.807, 2.05) is 164 Å². The molecule has 0 saturated carbocycles. The average molecular weight is 1190 g/mol. The van der Waals surface area contributed by atoms with Crippen molar-refractivity contribution in [2.75, 3.05) is 0 Å². The minimum Gasteiger partial charge on any atom is -0.354 e. The van der Waals surface area contributed by atoms with Crippen LogP contribution in [0, 0.1) is 10.1 Å². The van der Waals surface area contributed by atoms with Gasteiger partial charge in [-0.1, -0.05) is 279 Å². The molecule has 14 heteroatoms. The quantitative estimate of drug-likeness (QED) is 0.0585. The Morgan fingerprint density at radius 1 is 0.333 bits per heavy atom. The first kappa shape index (κ1) is 59.9. The van der Waals surface area contributed by atoms with E-state index in [1.165, 1.54) is 28.0 Å². The van der Waals surface area contributed by atoms with Gasteiger partial charge in [0.25, 0.3) is 5.69 Å². The molecule has 0 aliphatic carbocycles. The molecule has 0 fully saturated rings. The smallest absolute Gasteiger partial charge is 0.277 e. The Morgan fingerprint density at radius 3 is 1.05 bits per heavy atom. The summed E-state index contributed by atoms with van der Waals surface area (Å²) in [5.41, 5.74) is 8.56. The lowest BCUT2D eigenvalue weighted by Crippen LogP contribution is -2.20. The van der Waals surface area contributed by atoms with Crippen molar-refractivity contribution in [1.29, 1.82) is 0 Å². The van der Waals surface area contributed by atoms with Crippen molar-refractivity contribution in [2.45, 2.75) is 7.43 Å². The zero-order valence-corrected chi connectivity index (χ0v) is 48.3. The number of hydrogen-bond donors (Lipinski definition) is 1. The molecule has 3 aromatic heterocycles. The molecule has 11 aromatic carbocycles. The van der Waals surface area contributed by atoms with Gasteiger partial charge in [-0.2, -0.15) is 0 Å². The first-order chi connectivity index (χ1) is 41.8. The molecule has 0 unspecified atom stereocenters. The van der Waals surface area contributed by atoms with Gasteiger partial charge in [-0.25, -0.2) is 29.9 Å². The zero-order chi connectivity index (χ0) is 57.9. The third-order valence-electron chi connectivity index (χ3n) is 13.9. The second-order valence-corrected chi connectivity index (χ2v) is 22.6. The number of fused-ring (bicyclic) bond motifs is 3. The minimum absolute atomic E-state index is 0. The van der Waals surface area contributed by atoms with E-state index in [9.17, 15) is 10.1 Å². The molecule has 3 heterocycles. The van der Waals surface area contributed by atoms with Crippen LogP contribution in [0.2, 0.25) is 10.0 Å². The number of nitro benzene ring substituents is 1. The number of rotatable bonds is 11. The maximum absolute atomic E-state index is 11.5. The van der Waals surface area contributed by atoms with E-state index < -0.39 is 12.8 Å². The van der Waals surface area contributed by atoms with Gasteiger partial charge in [-0.3, -0.25) is 10.1 Å². The van der Waals surface area contributed by atoms with E-state index in [-0.39, 0.29) is 21.5 Å². The molecule has 87 heavy (non-hydrogen) atoms. The van der Waals surface area contributed by atoms with E-state index in [2.05, 4.69) is 114 Å². The average Bonchev–Trinajstić information content (AvgIpc) is 2.19. The summed E-state index contributed by atoms with van der Waals surface area (Å²) < 4.78 is 0. The lowest BCUT2D eigenvalue weighted by atomic mass is 10.0. The monoisotopic (exact) mass is 1190 g/mol. The van der Waals surface area contributed by atoms with Gasteiger partial charge < -0.3 is 4.98 Å². The molecule has 419 valence electrons. The lowest BCUT2D eigenvalue weighted by molar-refractivity contribution is -0.384. The second kappa shape index (κ2) is 28.1. The Bertz CT molecular complexity index is 4370. The first-order valence-corrected chi connectivity index (χ1v) is 29.3. The molecule has 0 atom stereocenters. The third-order valence-corrected chi connectivity index (χ3v) is 16.8.